The Morgan fingerprint density at radius 3 is 2.40 bits per heavy atom. The molecule has 0 aliphatic rings. The van der Waals surface area contributed by atoms with Crippen molar-refractivity contribution in [1.29, 1.82) is 0 Å². The number of carbonyl (C=O) groups is 1. The average Bonchev–Trinajstić information content (AvgIpc) is 2.74. The van der Waals surface area contributed by atoms with E-state index in [1.807, 2.05) is 73.7 Å². The predicted octanol–water partition coefficient (Wildman–Crippen LogP) is 7.27. The van der Waals surface area contributed by atoms with E-state index in [9.17, 15) is 4.79 Å². The van der Waals surface area contributed by atoms with Crippen LogP contribution < -0.4 is 10.6 Å². The number of halogens is 2. The summed E-state index contributed by atoms with van der Waals surface area (Å²) >= 11 is 15.6. The van der Waals surface area contributed by atoms with Gasteiger partial charge in [-0.2, -0.15) is 0 Å². The van der Waals surface area contributed by atoms with Crippen LogP contribution in [0.5, 0.6) is 0 Å². The monoisotopic (exact) mass is 500 g/mol. The normalized spacial score (nSPS) is 10.5. The fourth-order valence-corrected chi connectivity index (χ4v) is 4.06. The molecule has 0 bridgehead atoms. The molecule has 0 unspecified atom stereocenters. The number of alkyl halides is 1. The van der Waals surface area contributed by atoms with Gasteiger partial charge < -0.3 is 10.6 Å². The first-order chi connectivity index (χ1) is 14.5. The lowest BCUT2D eigenvalue weighted by Crippen LogP contribution is -2.12. The first-order valence-electron chi connectivity index (χ1n) is 9.61. The number of carbonyl (C=O) groups excluding carboxylic acids is 1. The molecule has 0 radical (unpaired) electrons. The van der Waals surface area contributed by atoms with Gasteiger partial charge in [0.25, 0.3) is 0 Å². The third-order valence-electron chi connectivity index (χ3n) is 4.62. The van der Waals surface area contributed by atoms with Crippen molar-refractivity contribution < 1.29 is 4.79 Å². The molecule has 0 saturated carbocycles. The molecule has 0 heterocycles. The van der Waals surface area contributed by atoms with Crippen molar-refractivity contribution in [3.8, 4) is 0 Å². The zero-order chi connectivity index (χ0) is 21.5. The number of hydrogen-bond acceptors (Lipinski definition) is 3. The van der Waals surface area contributed by atoms with Crippen molar-refractivity contribution >= 4 is 67.6 Å². The highest BCUT2D eigenvalue weighted by Gasteiger charge is 2.12. The highest BCUT2D eigenvalue weighted by atomic mass is 79.9. The third kappa shape index (κ3) is 5.69. The van der Waals surface area contributed by atoms with Gasteiger partial charge in [-0.3, -0.25) is 4.79 Å². The maximum absolute atomic E-state index is 12.1. The second kappa shape index (κ2) is 10.7. The molecule has 3 aromatic carbocycles. The molecular formula is C24H22BrClN2OS. The van der Waals surface area contributed by atoms with Crippen LogP contribution in [-0.4, -0.2) is 16.1 Å². The number of benzene rings is 3. The Labute approximate surface area is 196 Å². The Bertz CT molecular complexity index is 1070. The van der Waals surface area contributed by atoms with Crippen LogP contribution in [0.3, 0.4) is 0 Å². The van der Waals surface area contributed by atoms with E-state index in [1.165, 1.54) is 0 Å². The van der Waals surface area contributed by atoms with Gasteiger partial charge >= 0.3 is 0 Å². The first-order valence-corrected chi connectivity index (χ1v) is 11.5. The van der Waals surface area contributed by atoms with Gasteiger partial charge in [-0.1, -0.05) is 76.1 Å². The largest absolute Gasteiger partial charge is 0.354 e. The number of anilines is 3. The van der Waals surface area contributed by atoms with Crippen LogP contribution in [0.1, 0.15) is 29.5 Å². The lowest BCUT2D eigenvalue weighted by molar-refractivity contribution is -0.116. The van der Waals surface area contributed by atoms with Crippen LogP contribution in [0.25, 0.3) is 0 Å². The second-order valence-corrected chi connectivity index (χ2v) is 8.46. The predicted molar refractivity (Wildman–Crippen MR) is 135 cm³/mol. The Morgan fingerprint density at radius 1 is 1.00 bits per heavy atom. The van der Waals surface area contributed by atoms with E-state index in [4.69, 9.17) is 23.8 Å². The molecule has 0 aromatic heterocycles. The number of aryl methyl sites for hydroxylation is 1. The molecule has 3 aromatic rings. The van der Waals surface area contributed by atoms with E-state index in [0.717, 1.165) is 50.4 Å². The molecule has 30 heavy (non-hydrogen) atoms. The van der Waals surface area contributed by atoms with Gasteiger partial charge in [-0.15, -0.1) is 0 Å². The smallest absolute Gasteiger partial charge is 0.224 e. The Balaban J connectivity index is 1.79. The fourth-order valence-electron chi connectivity index (χ4n) is 3.05. The lowest BCUT2D eigenvalue weighted by atomic mass is 10.00. The molecule has 0 aliphatic heterocycles. The molecule has 2 N–H and O–H groups in total. The minimum Gasteiger partial charge on any atom is -0.354 e. The van der Waals surface area contributed by atoms with E-state index in [0.29, 0.717) is 11.4 Å². The summed E-state index contributed by atoms with van der Waals surface area (Å²) in [6.45, 7) is 2.04. The summed E-state index contributed by atoms with van der Waals surface area (Å²) in [5, 5.41) is 7.68. The Morgan fingerprint density at radius 2 is 1.70 bits per heavy atom. The van der Waals surface area contributed by atoms with Gasteiger partial charge in [0.2, 0.25) is 5.91 Å². The maximum atomic E-state index is 12.1. The van der Waals surface area contributed by atoms with E-state index >= 15 is 0 Å². The number of thiocarbonyl (C=S) groups is 1. The topological polar surface area (TPSA) is 41.1 Å². The summed E-state index contributed by atoms with van der Waals surface area (Å²) < 4.78 is 0. The van der Waals surface area contributed by atoms with Crippen LogP contribution in [0.2, 0.25) is 5.02 Å². The summed E-state index contributed by atoms with van der Waals surface area (Å²) in [6.07, 6.45) is 1.26. The van der Waals surface area contributed by atoms with Crippen LogP contribution in [0, 0.1) is 6.92 Å². The van der Waals surface area contributed by atoms with Crippen LogP contribution in [0.15, 0.2) is 66.7 Å². The van der Waals surface area contributed by atoms with Gasteiger partial charge in [0.1, 0.15) is 0 Å². The van der Waals surface area contributed by atoms with Crippen molar-refractivity contribution in [2.75, 3.05) is 16.0 Å². The maximum Gasteiger partial charge on any atom is 0.224 e. The van der Waals surface area contributed by atoms with Crippen LogP contribution >= 0.6 is 39.7 Å². The van der Waals surface area contributed by atoms with Gasteiger partial charge in [-0.05, 0) is 54.8 Å². The number of para-hydroxylation sites is 2. The SMILES string of the molecule is Cc1ccccc1C(=S)c1ccc(Nc2ccccc2NC(=O)CCCBr)cc1Cl. The minimum absolute atomic E-state index is 0.0133. The van der Waals surface area contributed by atoms with Gasteiger partial charge in [0, 0.05) is 23.0 Å². The van der Waals surface area contributed by atoms with E-state index in [2.05, 4.69) is 26.6 Å². The quantitative estimate of drug-likeness (QED) is 0.194. The zero-order valence-corrected chi connectivity index (χ0v) is 19.7. The van der Waals surface area contributed by atoms with Crippen LogP contribution in [0.4, 0.5) is 17.1 Å². The second-order valence-electron chi connectivity index (χ2n) is 6.85. The van der Waals surface area contributed by atoms with E-state index in [-0.39, 0.29) is 5.91 Å². The number of nitrogens with one attached hydrogen (secondary N) is 2. The standard InChI is InChI=1S/C24H22BrClN2OS/c1-16-7-2-3-8-18(16)24(30)19-13-12-17(15-20(19)26)27-21-9-4-5-10-22(21)28-23(29)11-6-14-25/h2-5,7-10,12-13,15,27H,6,11,14H2,1H3,(H,28,29). The Kier molecular flexibility index (Phi) is 8.02. The summed E-state index contributed by atoms with van der Waals surface area (Å²) in [7, 11) is 0. The molecule has 3 nitrogen and oxygen atoms in total. The first kappa shape index (κ1) is 22.5. The fraction of sp³-hybridized carbons (Fsp3) is 0.167. The average molecular weight is 502 g/mol. The summed E-state index contributed by atoms with van der Waals surface area (Å²) in [4.78, 5) is 12.8. The van der Waals surface area contributed by atoms with Gasteiger partial charge in [0.15, 0.2) is 0 Å². The third-order valence-corrected chi connectivity index (χ3v) is 5.93. The molecule has 1 amide bonds. The van der Waals surface area contributed by atoms with Gasteiger partial charge in [-0.25, -0.2) is 0 Å². The number of rotatable bonds is 8. The molecular weight excluding hydrogens is 480 g/mol. The van der Waals surface area contributed by atoms with E-state index < -0.39 is 0 Å². The lowest BCUT2D eigenvalue weighted by Gasteiger charge is -2.15. The number of amides is 1. The van der Waals surface area contributed by atoms with Crippen molar-refractivity contribution in [3.05, 3.63) is 88.4 Å². The molecule has 0 saturated heterocycles. The molecule has 0 atom stereocenters. The Hall–Kier alpha value is -2.21. The molecule has 0 spiro atoms. The number of hydrogen-bond donors (Lipinski definition) is 2. The van der Waals surface area contributed by atoms with E-state index in [1.54, 1.807) is 0 Å². The summed E-state index contributed by atoms with van der Waals surface area (Å²) in [5.41, 5.74) is 5.29. The zero-order valence-electron chi connectivity index (χ0n) is 16.5. The van der Waals surface area contributed by atoms with Crippen molar-refractivity contribution in [2.24, 2.45) is 0 Å². The molecule has 6 heteroatoms. The van der Waals surface area contributed by atoms with Crippen molar-refractivity contribution in [2.45, 2.75) is 19.8 Å². The minimum atomic E-state index is -0.0133. The molecule has 0 aliphatic carbocycles. The summed E-state index contributed by atoms with van der Waals surface area (Å²) in [5.74, 6) is -0.0133. The molecule has 0 fully saturated rings. The summed E-state index contributed by atoms with van der Waals surface area (Å²) in [6, 6.07) is 21.3. The van der Waals surface area contributed by atoms with Crippen molar-refractivity contribution in [1.82, 2.24) is 0 Å². The van der Waals surface area contributed by atoms with Crippen molar-refractivity contribution in [3.63, 3.8) is 0 Å². The van der Waals surface area contributed by atoms with Gasteiger partial charge in [0.05, 0.1) is 21.3 Å². The molecule has 154 valence electrons. The highest BCUT2D eigenvalue weighted by molar-refractivity contribution is 9.09. The molecule has 3 rings (SSSR count). The van der Waals surface area contributed by atoms with Crippen LogP contribution in [-0.2, 0) is 4.79 Å². The highest BCUT2D eigenvalue weighted by Crippen LogP contribution is 2.30.